The maximum absolute atomic E-state index is 10.8. The molecule has 2 aromatic carbocycles. The van der Waals surface area contributed by atoms with Gasteiger partial charge < -0.3 is 0 Å². The van der Waals surface area contributed by atoms with Crippen molar-refractivity contribution < 1.29 is 18.3 Å². The summed E-state index contributed by atoms with van der Waals surface area (Å²) < 4.78 is 18.3. The summed E-state index contributed by atoms with van der Waals surface area (Å²) >= 11 is 0. The molecule has 0 amide bonds. The van der Waals surface area contributed by atoms with E-state index in [1.165, 1.54) is 12.1 Å². The van der Waals surface area contributed by atoms with Gasteiger partial charge in [-0.15, -0.1) is 0 Å². The van der Waals surface area contributed by atoms with Gasteiger partial charge in [-0.2, -0.15) is 8.42 Å². The molecule has 0 saturated heterocycles. The van der Waals surface area contributed by atoms with Crippen LogP contribution in [-0.2, 0) is 8.26 Å². The maximum atomic E-state index is 10.8. The Morgan fingerprint density at radius 3 is 1.70 bits per heavy atom. The highest BCUT2D eigenvalue weighted by atomic mass is 36.0. The molecular weight excluding hydrogens is 371 g/mol. The Morgan fingerprint density at radius 2 is 1.26 bits per heavy atom. The van der Waals surface area contributed by atoms with Crippen molar-refractivity contribution in [2.45, 2.75) is 0 Å². The summed E-state index contributed by atoms with van der Waals surface area (Å²) in [5.74, 6) is 0. The minimum Gasteiger partial charge on any atom is -0.258 e. The summed E-state index contributed by atoms with van der Waals surface area (Å²) in [7, 11) is 4.81. The van der Waals surface area contributed by atoms with E-state index in [0.29, 0.717) is 5.56 Å². The lowest BCUT2D eigenvalue weighted by Crippen LogP contribution is -1.96. The van der Waals surface area contributed by atoms with Crippen molar-refractivity contribution in [3.8, 4) is 11.1 Å². The number of halogens is 2. The summed E-state index contributed by atoms with van der Waals surface area (Å²) in [6.07, 6.45) is 0. The van der Waals surface area contributed by atoms with Crippen molar-refractivity contribution in [2.24, 2.45) is 0 Å². The van der Waals surface area contributed by atoms with Crippen LogP contribution in [0.1, 0.15) is 0 Å². The predicted molar refractivity (Wildman–Crippen MR) is 85.8 cm³/mol. The zero-order valence-electron chi connectivity index (χ0n) is 11.1. The Kier molecular flexibility index (Phi) is 6.43. The molecule has 0 aliphatic heterocycles. The smallest absolute Gasteiger partial charge is 0.258 e. The quantitative estimate of drug-likeness (QED) is 0.453. The van der Waals surface area contributed by atoms with Crippen LogP contribution in [0.3, 0.4) is 0 Å². The van der Waals surface area contributed by atoms with E-state index >= 15 is 0 Å². The van der Waals surface area contributed by atoms with Gasteiger partial charge in [0.05, 0.1) is 9.85 Å². The van der Waals surface area contributed by atoms with E-state index in [-0.39, 0.29) is 0 Å². The zero-order valence-corrected chi connectivity index (χ0v) is 13.5. The molecule has 0 fully saturated rings. The van der Waals surface area contributed by atoms with E-state index in [1.807, 2.05) is 6.07 Å². The molecule has 0 radical (unpaired) electrons. The Labute approximate surface area is 139 Å². The van der Waals surface area contributed by atoms with Crippen molar-refractivity contribution in [2.75, 3.05) is 0 Å². The van der Waals surface area contributed by atoms with E-state index < -0.39 is 29.5 Å². The van der Waals surface area contributed by atoms with Crippen LogP contribution in [0.2, 0.25) is 0 Å². The van der Waals surface area contributed by atoms with Crippen LogP contribution in [0.4, 0.5) is 11.4 Å². The van der Waals surface area contributed by atoms with Crippen molar-refractivity contribution in [3.05, 3.63) is 68.8 Å². The van der Waals surface area contributed by atoms with Gasteiger partial charge in [0.1, 0.15) is 0 Å². The third kappa shape index (κ3) is 6.59. The normalized spacial score (nSPS) is 10.3. The molecule has 122 valence electrons. The molecular formula is C12H8Cl2N2O6S. The topological polar surface area (TPSA) is 120 Å². The second kappa shape index (κ2) is 7.86. The lowest BCUT2D eigenvalue weighted by atomic mass is 10.0. The number of nitro groups is 2. The largest absolute Gasteiger partial charge is 0.346 e. The molecule has 0 spiro atoms. The first-order valence-corrected chi connectivity index (χ1v) is 8.85. The molecule has 0 aromatic heterocycles. The first-order valence-electron chi connectivity index (χ1n) is 5.72. The minimum atomic E-state index is -3.72. The first kappa shape index (κ1) is 18.8. The molecule has 0 aliphatic carbocycles. The number of benzene rings is 2. The lowest BCUT2D eigenvalue weighted by molar-refractivity contribution is -0.422. The van der Waals surface area contributed by atoms with Gasteiger partial charge in [0.2, 0.25) is 0 Å². The summed E-state index contributed by atoms with van der Waals surface area (Å²) in [6, 6.07) is 12.8. The van der Waals surface area contributed by atoms with Gasteiger partial charge >= 0.3 is 19.6 Å². The molecule has 0 saturated carbocycles. The predicted octanol–water partition coefficient (Wildman–Crippen LogP) is 3.88. The van der Waals surface area contributed by atoms with E-state index in [2.05, 4.69) is 21.4 Å². The minimum absolute atomic E-state index is 0.499. The highest BCUT2D eigenvalue weighted by Crippen LogP contribution is 2.31. The third-order valence-corrected chi connectivity index (χ3v) is 2.48. The standard InChI is InChI=1S/C12H8N2O4.Cl2O2S/c15-13(16)11-7-6-10(8-12(11)14(17)18)9-4-2-1-3-5-9;1-5(2,3)4/h1-8H;. The van der Waals surface area contributed by atoms with Gasteiger partial charge in [0, 0.05) is 33.5 Å². The number of hydrogen-bond acceptors (Lipinski definition) is 6. The van der Waals surface area contributed by atoms with Crippen molar-refractivity contribution >= 4 is 41.0 Å². The average molecular weight is 379 g/mol. The highest BCUT2D eigenvalue weighted by Gasteiger charge is 2.24. The Balaban J connectivity index is 0.000000463. The monoisotopic (exact) mass is 378 g/mol. The molecule has 2 aromatic rings. The summed E-state index contributed by atoms with van der Waals surface area (Å²) in [5.41, 5.74) is 0.351. The van der Waals surface area contributed by atoms with Crippen LogP contribution in [0.25, 0.3) is 11.1 Å². The molecule has 11 heteroatoms. The second-order valence-electron chi connectivity index (χ2n) is 3.96. The fraction of sp³-hybridized carbons (Fsp3) is 0. The molecule has 8 nitrogen and oxygen atoms in total. The Morgan fingerprint density at radius 1 is 0.783 bits per heavy atom. The van der Waals surface area contributed by atoms with Crippen molar-refractivity contribution in [3.63, 3.8) is 0 Å². The molecule has 0 aliphatic rings. The Hall–Kier alpha value is -2.23. The van der Waals surface area contributed by atoms with E-state index in [4.69, 9.17) is 8.42 Å². The van der Waals surface area contributed by atoms with Gasteiger partial charge in [-0.25, -0.2) is 0 Å². The zero-order chi connectivity index (χ0) is 17.6. The molecule has 0 heterocycles. The fourth-order valence-corrected chi connectivity index (χ4v) is 1.63. The third-order valence-electron chi connectivity index (χ3n) is 2.48. The fourth-order valence-electron chi connectivity index (χ4n) is 1.63. The SMILES string of the molecule is O=S(=O)(Cl)Cl.O=[N+]([O-])c1ccc(-c2ccccc2)cc1[N+](=O)[O-]. The van der Waals surface area contributed by atoms with E-state index in [1.54, 1.807) is 24.3 Å². The van der Waals surface area contributed by atoms with E-state index in [0.717, 1.165) is 11.6 Å². The molecule has 0 unspecified atom stereocenters. The maximum Gasteiger partial charge on any atom is 0.346 e. The van der Waals surface area contributed by atoms with Crippen molar-refractivity contribution in [1.82, 2.24) is 0 Å². The molecule has 0 bridgehead atoms. The van der Waals surface area contributed by atoms with Gasteiger partial charge in [-0.05, 0) is 17.2 Å². The van der Waals surface area contributed by atoms with Crippen LogP contribution < -0.4 is 0 Å². The van der Waals surface area contributed by atoms with E-state index in [9.17, 15) is 20.2 Å². The molecule has 0 N–H and O–H groups in total. The lowest BCUT2D eigenvalue weighted by Gasteiger charge is -2.01. The average Bonchev–Trinajstić information content (AvgIpc) is 2.45. The van der Waals surface area contributed by atoms with Crippen molar-refractivity contribution in [1.29, 1.82) is 0 Å². The Bertz CT molecular complexity index is 819. The first-order chi connectivity index (χ1) is 10.6. The number of rotatable bonds is 3. The number of hydrogen-bond donors (Lipinski definition) is 0. The molecule has 23 heavy (non-hydrogen) atoms. The molecule has 0 atom stereocenters. The van der Waals surface area contributed by atoms with Crippen LogP contribution in [0.5, 0.6) is 0 Å². The number of nitro benzene ring substituents is 2. The molecule has 2 rings (SSSR count). The second-order valence-corrected chi connectivity index (χ2v) is 7.63. The highest BCUT2D eigenvalue weighted by molar-refractivity contribution is 8.31. The number of nitrogens with zero attached hydrogens (tertiary/aromatic N) is 2. The van der Waals surface area contributed by atoms with Gasteiger partial charge in [0.25, 0.3) is 0 Å². The van der Waals surface area contributed by atoms with Gasteiger partial charge in [0.15, 0.2) is 0 Å². The van der Waals surface area contributed by atoms with Crippen LogP contribution in [-0.4, -0.2) is 18.3 Å². The van der Waals surface area contributed by atoms with Gasteiger partial charge in [-0.3, -0.25) is 20.2 Å². The summed E-state index contributed by atoms with van der Waals surface area (Å²) in [6.45, 7) is 0. The van der Waals surface area contributed by atoms with Gasteiger partial charge in [-0.1, -0.05) is 30.3 Å². The summed E-state index contributed by atoms with van der Waals surface area (Å²) in [5, 5.41) is 21.5. The van der Waals surface area contributed by atoms with Crippen LogP contribution in [0, 0.1) is 20.2 Å². The van der Waals surface area contributed by atoms with Crippen LogP contribution in [0.15, 0.2) is 48.5 Å². The summed E-state index contributed by atoms with van der Waals surface area (Å²) in [4.78, 5) is 20.0. The van der Waals surface area contributed by atoms with Crippen LogP contribution >= 0.6 is 21.4 Å².